The highest BCUT2D eigenvalue weighted by Crippen LogP contribution is 2.28. The molecule has 1 aliphatic carbocycles. The molecule has 2 rings (SSSR count). The van der Waals surface area contributed by atoms with Crippen molar-refractivity contribution in [2.75, 3.05) is 11.3 Å². The number of halogens is 1. The van der Waals surface area contributed by atoms with Crippen molar-refractivity contribution in [3.8, 4) is 0 Å². The minimum atomic E-state index is -3.94. The first-order chi connectivity index (χ1) is 10.8. The van der Waals surface area contributed by atoms with Crippen molar-refractivity contribution >= 4 is 21.7 Å². The standard InChI is InChI=1S/C16H20FNO4S/c1-3-22-16(19)12-6-4-5-7-15(12)23(20,21)18-14-9-8-11(2)10-13(14)17/h6,8-10,15,18H,3-5,7H2,1-2H3. The second kappa shape index (κ2) is 7.12. The summed E-state index contributed by atoms with van der Waals surface area (Å²) in [5, 5.41) is -1.03. The summed E-state index contributed by atoms with van der Waals surface area (Å²) < 4.78 is 46.2. The van der Waals surface area contributed by atoms with E-state index in [0.717, 1.165) is 0 Å². The van der Waals surface area contributed by atoms with Crippen molar-refractivity contribution < 1.29 is 22.3 Å². The number of carbonyl (C=O) groups excluding carboxylic acids is 1. The number of sulfonamides is 1. The fourth-order valence-corrected chi connectivity index (χ4v) is 4.14. The molecule has 0 fully saturated rings. The average molecular weight is 341 g/mol. The highest BCUT2D eigenvalue weighted by molar-refractivity contribution is 7.93. The smallest absolute Gasteiger partial charge is 0.335 e. The second-order valence-corrected chi connectivity index (χ2v) is 7.29. The largest absolute Gasteiger partial charge is 0.463 e. The summed E-state index contributed by atoms with van der Waals surface area (Å²) in [5.74, 6) is -1.28. The molecule has 0 spiro atoms. The van der Waals surface area contributed by atoms with Crippen LogP contribution in [0.4, 0.5) is 10.1 Å². The van der Waals surface area contributed by atoms with Gasteiger partial charge >= 0.3 is 5.97 Å². The first-order valence-corrected chi connectivity index (χ1v) is 9.04. The van der Waals surface area contributed by atoms with Gasteiger partial charge in [-0.05, 0) is 50.8 Å². The van der Waals surface area contributed by atoms with E-state index in [1.54, 1.807) is 26.0 Å². The predicted octanol–water partition coefficient (Wildman–Crippen LogP) is 2.92. The molecule has 1 aliphatic rings. The molecule has 126 valence electrons. The molecule has 0 radical (unpaired) electrons. The quantitative estimate of drug-likeness (QED) is 0.836. The van der Waals surface area contributed by atoms with Gasteiger partial charge in [0.15, 0.2) is 0 Å². The van der Waals surface area contributed by atoms with Crippen LogP contribution in [0, 0.1) is 12.7 Å². The first-order valence-electron chi connectivity index (χ1n) is 7.50. The first kappa shape index (κ1) is 17.5. The zero-order chi connectivity index (χ0) is 17.0. The van der Waals surface area contributed by atoms with Crippen LogP contribution in [0.1, 0.15) is 31.7 Å². The maximum Gasteiger partial charge on any atom is 0.335 e. The van der Waals surface area contributed by atoms with Gasteiger partial charge in [-0.25, -0.2) is 17.6 Å². The highest BCUT2D eigenvalue weighted by Gasteiger charge is 2.35. The maximum absolute atomic E-state index is 13.9. The number of nitrogens with one attached hydrogen (secondary N) is 1. The van der Waals surface area contributed by atoms with Crippen LogP contribution in [0.15, 0.2) is 29.8 Å². The lowest BCUT2D eigenvalue weighted by atomic mass is 9.99. The lowest BCUT2D eigenvalue weighted by Gasteiger charge is -2.23. The number of esters is 1. The molecule has 0 amide bonds. The van der Waals surface area contributed by atoms with Gasteiger partial charge in [0.25, 0.3) is 0 Å². The molecule has 1 aromatic carbocycles. The van der Waals surface area contributed by atoms with Gasteiger partial charge < -0.3 is 4.74 Å². The summed E-state index contributed by atoms with van der Waals surface area (Å²) in [7, 11) is -3.94. The molecule has 1 unspecified atom stereocenters. The van der Waals surface area contributed by atoms with E-state index >= 15 is 0 Å². The van der Waals surface area contributed by atoms with Gasteiger partial charge in [0.2, 0.25) is 10.0 Å². The van der Waals surface area contributed by atoms with Gasteiger partial charge in [0.1, 0.15) is 11.1 Å². The maximum atomic E-state index is 13.9. The van der Waals surface area contributed by atoms with Crippen LogP contribution in [-0.4, -0.2) is 26.2 Å². The molecule has 0 aliphatic heterocycles. The van der Waals surface area contributed by atoms with Crippen molar-refractivity contribution in [1.29, 1.82) is 0 Å². The van der Waals surface area contributed by atoms with Gasteiger partial charge in [-0.3, -0.25) is 4.72 Å². The molecule has 23 heavy (non-hydrogen) atoms. The molecule has 7 heteroatoms. The Balaban J connectivity index is 2.28. The number of carbonyl (C=O) groups is 1. The molecule has 1 aromatic rings. The molecule has 0 saturated heterocycles. The van der Waals surface area contributed by atoms with Crippen molar-refractivity contribution in [2.45, 2.75) is 38.4 Å². The van der Waals surface area contributed by atoms with Crippen LogP contribution in [0.25, 0.3) is 0 Å². The van der Waals surface area contributed by atoms with E-state index in [1.807, 2.05) is 0 Å². The van der Waals surface area contributed by atoms with Gasteiger partial charge in [-0.2, -0.15) is 0 Å². The normalized spacial score (nSPS) is 18.2. The molecule has 0 saturated carbocycles. The van der Waals surface area contributed by atoms with Gasteiger partial charge in [0, 0.05) is 0 Å². The summed E-state index contributed by atoms with van der Waals surface area (Å²) in [6.45, 7) is 3.54. The molecule has 0 aromatic heterocycles. The Kier molecular flexibility index (Phi) is 5.41. The Morgan fingerprint density at radius 3 is 2.83 bits per heavy atom. The number of ether oxygens (including phenoxy) is 1. The minimum absolute atomic E-state index is 0.121. The van der Waals surface area contributed by atoms with E-state index in [-0.39, 0.29) is 17.9 Å². The Morgan fingerprint density at radius 2 is 2.17 bits per heavy atom. The topological polar surface area (TPSA) is 72.5 Å². The van der Waals surface area contributed by atoms with E-state index in [4.69, 9.17) is 4.74 Å². The number of allylic oxidation sites excluding steroid dienone is 1. The predicted molar refractivity (Wildman–Crippen MR) is 86.0 cm³/mol. The van der Waals surface area contributed by atoms with Gasteiger partial charge in [0.05, 0.1) is 17.9 Å². The Labute approximate surface area is 135 Å². The fraction of sp³-hybridized carbons (Fsp3) is 0.438. The minimum Gasteiger partial charge on any atom is -0.463 e. The molecular weight excluding hydrogens is 321 g/mol. The number of rotatable bonds is 5. The summed E-state index contributed by atoms with van der Waals surface area (Å²) >= 11 is 0. The Bertz CT molecular complexity index is 728. The highest BCUT2D eigenvalue weighted by atomic mass is 32.2. The summed E-state index contributed by atoms with van der Waals surface area (Å²) in [6.07, 6.45) is 3.16. The molecule has 0 heterocycles. The van der Waals surface area contributed by atoms with Crippen LogP contribution in [-0.2, 0) is 19.6 Å². The number of aryl methyl sites for hydroxylation is 1. The second-order valence-electron chi connectivity index (χ2n) is 5.43. The van der Waals surface area contributed by atoms with E-state index in [1.165, 1.54) is 12.1 Å². The van der Waals surface area contributed by atoms with Crippen molar-refractivity contribution in [2.24, 2.45) is 0 Å². The van der Waals surface area contributed by atoms with E-state index in [2.05, 4.69) is 4.72 Å². The zero-order valence-corrected chi connectivity index (χ0v) is 14.0. The van der Waals surface area contributed by atoms with E-state index < -0.39 is 27.1 Å². The average Bonchev–Trinajstić information content (AvgIpc) is 2.50. The third-order valence-electron chi connectivity index (χ3n) is 3.64. The number of benzene rings is 1. The van der Waals surface area contributed by atoms with Crippen LogP contribution in [0.3, 0.4) is 0 Å². The van der Waals surface area contributed by atoms with Crippen molar-refractivity contribution in [3.63, 3.8) is 0 Å². The summed E-state index contributed by atoms with van der Waals surface area (Å²) in [6, 6.07) is 4.24. The van der Waals surface area contributed by atoms with E-state index in [0.29, 0.717) is 24.8 Å². The third kappa shape index (κ3) is 4.10. The van der Waals surface area contributed by atoms with Crippen molar-refractivity contribution in [3.05, 3.63) is 41.2 Å². The molecule has 1 atom stereocenters. The molecule has 0 bridgehead atoms. The van der Waals surface area contributed by atoms with Crippen LogP contribution in [0.5, 0.6) is 0 Å². The molecule has 1 N–H and O–H groups in total. The lowest BCUT2D eigenvalue weighted by molar-refractivity contribution is -0.138. The molecule has 5 nitrogen and oxygen atoms in total. The Morgan fingerprint density at radius 1 is 1.43 bits per heavy atom. The van der Waals surface area contributed by atoms with Crippen LogP contribution in [0.2, 0.25) is 0 Å². The van der Waals surface area contributed by atoms with Gasteiger partial charge in [-0.15, -0.1) is 0 Å². The number of hydrogen-bond acceptors (Lipinski definition) is 4. The van der Waals surface area contributed by atoms with Crippen LogP contribution < -0.4 is 4.72 Å². The van der Waals surface area contributed by atoms with Crippen molar-refractivity contribution in [1.82, 2.24) is 0 Å². The summed E-state index contributed by atoms with van der Waals surface area (Å²) in [4.78, 5) is 12.0. The van der Waals surface area contributed by atoms with Gasteiger partial charge in [-0.1, -0.05) is 12.1 Å². The van der Waals surface area contributed by atoms with Crippen LogP contribution >= 0.6 is 0 Å². The zero-order valence-electron chi connectivity index (χ0n) is 13.1. The summed E-state index contributed by atoms with van der Waals surface area (Å²) in [5.41, 5.74) is 0.692. The number of hydrogen-bond donors (Lipinski definition) is 1. The molecular formula is C16H20FNO4S. The third-order valence-corrected chi connectivity index (χ3v) is 5.39. The lowest BCUT2D eigenvalue weighted by Crippen LogP contribution is -2.34. The Hall–Kier alpha value is -1.89. The SMILES string of the molecule is CCOC(=O)C1=CCCCC1S(=O)(=O)Nc1ccc(C)cc1F. The number of anilines is 1. The van der Waals surface area contributed by atoms with E-state index in [9.17, 15) is 17.6 Å². The fourth-order valence-electron chi connectivity index (χ4n) is 2.53. The monoisotopic (exact) mass is 341 g/mol.